The van der Waals surface area contributed by atoms with Crippen LogP contribution in [0.5, 0.6) is 0 Å². The summed E-state index contributed by atoms with van der Waals surface area (Å²) in [6.45, 7) is 2.38. The number of halogens is 1. The predicted molar refractivity (Wildman–Crippen MR) is 63.9 cm³/mol. The number of hydrogen-bond donors (Lipinski definition) is 1. The number of rotatable bonds is 5. The van der Waals surface area contributed by atoms with Gasteiger partial charge in [0.2, 0.25) is 0 Å². The van der Waals surface area contributed by atoms with Crippen LogP contribution in [-0.2, 0) is 5.75 Å². The van der Waals surface area contributed by atoms with Gasteiger partial charge >= 0.3 is 0 Å². The Morgan fingerprint density at radius 3 is 2.79 bits per heavy atom. The Hall–Kier alpha value is -0.180. The van der Waals surface area contributed by atoms with E-state index in [2.05, 4.69) is 6.92 Å². The van der Waals surface area contributed by atoms with Crippen LogP contribution in [0.3, 0.4) is 0 Å². The highest BCUT2D eigenvalue weighted by Gasteiger charge is 2.04. The molecular weight excluding hydrogens is 216 g/mol. The van der Waals surface area contributed by atoms with Gasteiger partial charge in [0, 0.05) is 22.6 Å². The van der Waals surface area contributed by atoms with Gasteiger partial charge in [-0.3, -0.25) is 0 Å². The normalized spacial score (nSPS) is 12.8. The topological polar surface area (TPSA) is 20.2 Å². The highest BCUT2D eigenvalue weighted by Crippen LogP contribution is 2.24. The molecule has 1 N–H and O–H groups in total. The van der Waals surface area contributed by atoms with Gasteiger partial charge in [-0.1, -0.05) is 36.7 Å². The number of aliphatic hydroxyl groups excluding tert-OH is 1. The quantitative estimate of drug-likeness (QED) is 0.837. The molecule has 0 amide bonds. The van der Waals surface area contributed by atoms with Gasteiger partial charge in [0.25, 0.3) is 0 Å². The Bertz CT molecular complexity index is 278. The lowest BCUT2D eigenvalue weighted by molar-refractivity contribution is 0.289. The summed E-state index contributed by atoms with van der Waals surface area (Å²) in [7, 11) is 0. The molecule has 0 aliphatic heterocycles. The Balaban J connectivity index is 2.41. The molecule has 0 saturated carbocycles. The van der Waals surface area contributed by atoms with Crippen LogP contribution in [0, 0.1) is 0 Å². The van der Waals surface area contributed by atoms with Crippen molar-refractivity contribution in [3.05, 3.63) is 34.9 Å². The number of thioether (sulfide) groups is 1. The van der Waals surface area contributed by atoms with Gasteiger partial charge in [-0.2, -0.15) is 11.8 Å². The Morgan fingerprint density at radius 2 is 2.14 bits per heavy atom. The van der Waals surface area contributed by atoms with Gasteiger partial charge in [0.1, 0.15) is 0 Å². The molecule has 1 atom stereocenters. The largest absolute Gasteiger partial charge is 0.396 e. The van der Waals surface area contributed by atoms with Crippen LogP contribution in [0.1, 0.15) is 18.9 Å². The minimum atomic E-state index is 0.261. The van der Waals surface area contributed by atoms with E-state index in [4.69, 9.17) is 16.7 Å². The van der Waals surface area contributed by atoms with E-state index < -0.39 is 0 Å². The third kappa shape index (κ3) is 3.91. The number of hydrogen-bond acceptors (Lipinski definition) is 2. The lowest BCUT2D eigenvalue weighted by Crippen LogP contribution is -1.99. The molecule has 0 aliphatic rings. The van der Waals surface area contributed by atoms with Crippen molar-refractivity contribution in [3.8, 4) is 0 Å². The molecule has 0 spiro atoms. The summed E-state index contributed by atoms with van der Waals surface area (Å²) in [5.41, 5.74) is 1.17. The molecule has 1 aromatic carbocycles. The van der Waals surface area contributed by atoms with Crippen molar-refractivity contribution in [2.45, 2.75) is 24.3 Å². The Labute approximate surface area is 94.5 Å². The third-order valence-corrected chi connectivity index (χ3v) is 3.67. The molecule has 0 aliphatic carbocycles. The van der Waals surface area contributed by atoms with Crippen LogP contribution in [0.2, 0.25) is 5.02 Å². The lowest BCUT2D eigenvalue weighted by Gasteiger charge is -2.09. The maximum absolute atomic E-state index is 8.75. The average molecular weight is 231 g/mol. The molecule has 0 aromatic heterocycles. The van der Waals surface area contributed by atoms with Crippen LogP contribution in [0.4, 0.5) is 0 Å². The standard InChI is InChI=1S/C11H15ClOS/c1-9(6-7-13)14-8-10-4-2-3-5-11(10)12/h2-5,9,13H,6-8H2,1H3. The van der Waals surface area contributed by atoms with Crippen LogP contribution < -0.4 is 0 Å². The molecule has 1 unspecified atom stereocenters. The molecule has 1 nitrogen and oxygen atoms in total. The molecule has 1 aromatic rings. The summed E-state index contributed by atoms with van der Waals surface area (Å²) < 4.78 is 0. The summed E-state index contributed by atoms with van der Waals surface area (Å²) >= 11 is 7.85. The van der Waals surface area contributed by atoms with E-state index in [-0.39, 0.29) is 6.61 Å². The van der Waals surface area contributed by atoms with Crippen LogP contribution in [0.25, 0.3) is 0 Å². The van der Waals surface area contributed by atoms with E-state index in [0.29, 0.717) is 5.25 Å². The molecule has 3 heteroatoms. The first-order chi connectivity index (χ1) is 6.74. The molecular formula is C11H15ClOS. The van der Waals surface area contributed by atoms with Crippen molar-refractivity contribution in [1.82, 2.24) is 0 Å². The summed E-state index contributed by atoms with van der Waals surface area (Å²) in [6.07, 6.45) is 0.842. The number of aliphatic hydroxyl groups is 1. The summed E-state index contributed by atoms with van der Waals surface area (Å²) in [5, 5.41) is 10.1. The van der Waals surface area contributed by atoms with Gasteiger partial charge in [0.05, 0.1) is 0 Å². The fourth-order valence-electron chi connectivity index (χ4n) is 1.11. The first kappa shape index (κ1) is 11.9. The minimum Gasteiger partial charge on any atom is -0.396 e. The van der Waals surface area contributed by atoms with Gasteiger partial charge in [-0.05, 0) is 18.1 Å². The summed E-state index contributed by atoms with van der Waals surface area (Å²) in [5.74, 6) is 0.918. The van der Waals surface area contributed by atoms with Crippen molar-refractivity contribution in [2.24, 2.45) is 0 Å². The third-order valence-electron chi connectivity index (χ3n) is 2.02. The zero-order chi connectivity index (χ0) is 10.4. The Morgan fingerprint density at radius 1 is 1.43 bits per heavy atom. The van der Waals surface area contributed by atoms with Crippen LogP contribution in [0.15, 0.2) is 24.3 Å². The highest BCUT2D eigenvalue weighted by atomic mass is 35.5. The SMILES string of the molecule is CC(CCO)SCc1ccccc1Cl. The van der Waals surface area contributed by atoms with E-state index in [0.717, 1.165) is 17.2 Å². The molecule has 0 radical (unpaired) electrons. The fraction of sp³-hybridized carbons (Fsp3) is 0.455. The van der Waals surface area contributed by atoms with Gasteiger partial charge < -0.3 is 5.11 Å². The summed E-state index contributed by atoms with van der Waals surface area (Å²) in [6, 6.07) is 7.89. The van der Waals surface area contributed by atoms with Crippen molar-refractivity contribution in [2.75, 3.05) is 6.61 Å². The van der Waals surface area contributed by atoms with Crippen molar-refractivity contribution in [1.29, 1.82) is 0 Å². The molecule has 0 bridgehead atoms. The predicted octanol–water partition coefficient (Wildman–Crippen LogP) is 3.34. The van der Waals surface area contributed by atoms with E-state index in [9.17, 15) is 0 Å². The van der Waals surface area contributed by atoms with Crippen molar-refractivity contribution < 1.29 is 5.11 Å². The van der Waals surface area contributed by atoms with Crippen molar-refractivity contribution in [3.63, 3.8) is 0 Å². The molecule has 78 valence electrons. The Kier molecular flexibility index (Phi) is 5.38. The highest BCUT2D eigenvalue weighted by molar-refractivity contribution is 7.99. The average Bonchev–Trinajstić information content (AvgIpc) is 2.17. The minimum absolute atomic E-state index is 0.261. The molecule has 0 fully saturated rings. The van der Waals surface area contributed by atoms with Gasteiger partial charge in [0.15, 0.2) is 0 Å². The molecule has 0 heterocycles. The molecule has 14 heavy (non-hydrogen) atoms. The van der Waals surface area contributed by atoms with E-state index >= 15 is 0 Å². The second kappa shape index (κ2) is 6.33. The fourth-order valence-corrected chi connectivity index (χ4v) is 2.38. The molecule has 1 rings (SSSR count). The van der Waals surface area contributed by atoms with Gasteiger partial charge in [-0.25, -0.2) is 0 Å². The second-order valence-corrected chi connectivity index (χ2v) is 5.06. The maximum atomic E-state index is 8.75. The first-order valence-electron chi connectivity index (χ1n) is 4.70. The van der Waals surface area contributed by atoms with E-state index in [1.54, 1.807) is 0 Å². The zero-order valence-corrected chi connectivity index (χ0v) is 9.81. The zero-order valence-electron chi connectivity index (χ0n) is 8.24. The van der Waals surface area contributed by atoms with E-state index in [1.165, 1.54) is 5.56 Å². The van der Waals surface area contributed by atoms with Crippen LogP contribution >= 0.6 is 23.4 Å². The lowest BCUT2D eigenvalue weighted by atomic mass is 10.2. The molecule has 0 saturated heterocycles. The maximum Gasteiger partial charge on any atom is 0.0446 e. The second-order valence-electron chi connectivity index (χ2n) is 3.23. The smallest absolute Gasteiger partial charge is 0.0446 e. The van der Waals surface area contributed by atoms with Gasteiger partial charge in [-0.15, -0.1) is 0 Å². The van der Waals surface area contributed by atoms with E-state index in [1.807, 2.05) is 36.0 Å². The first-order valence-corrected chi connectivity index (χ1v) is 6.12. The summed E-state index contributed by atoms with van der Waals surface area (Å²) in [4.78, 5) is 0. The monoisotopic (exact) mass is 230 g/mol. The van der Waals surface area contributed by atoms with Crippen molar-refractivity contribution >= 4 is 23.4 Å². The van der Waals surface area contributed by atoms with Crippen LogP contribution in [-0.4, -0.2) is 17.0 Å². The number of benzene rings is 1.